The summed E-state index contributed by atoms with van der Waals surface area (Å²) in [6, 6.07) is 7.24. The number of amides is 2. The summed E-state index contributed by atoms with van der Waals surface area (Å²) in [5.74, 6) is -1.07. The van der Waals surface area contributed by atoms with Crippen molar-refractivity contribution in [1.29, 1.82) is 0 Å². The first-order chi connectivity index (χ1) is 18.8. The lowest BCUT2D eigenvalue weighted by Gasteiger charge is -2.33. The average molecular weight is 616 g/mol. The summed E-state index contributed by atoms with van der Waals surface area (Å²) in [4.78, 5) is 39.0. The smallest absolute Gasteiger partial charge is 0.271 e. The number of nitro benzene ring substituents is 1. The van der Waals surface area contributed by atoms with Gasteiger partial charge in [0.05, 0.1) is 28.3 Å². The molecule has 218 valence electrons. The van der Waals surface area contributed by atoms with Gasteiger partial charge < -0.3 is 15.0 Å². The van der Waals surface area contributed by atoms with E-state index >= 15 is 0 Å². The van der Waals surface area contributed by atoms with Gasteiger partial charge in [0.1, 0.15) is 24.0 Å². The number of nitro groups is 1. The number of methoxy groups -OCH3 is 1. The third-order valence-corrected chi connectivity index (χ3v) is 8.64. The van der Waals surface area contributed by atoms with Gasteiger partial charge in [-0.05, 0) is 43.5 Å². The van der Waals surface area contributed by atoms with E-state index < -0.39 is 33.4 Å². The number of nitrogens with zero attached hydrogens (tertiary/aromatic N) is 3. The normalized spacial score (nSPS) is 14.7. The Morgan fingerprint density at radius 3 is 2.38 bits per heavy atom. The van der Waals surface area contributed by atoms with Crippen LogP contribution in [0, 0.1) is 10.1 Å². The van der Waals surface area contributed by atoms with Crippen LogP contribution in [0.1, 0.15) is 44.6 Å². The van der Waals surface area contributed by atoms with E-state index in [0.29, 0.717) is 10.6 Å². The predicted molar refractivity (Wildman–Crippen MR) is 153 cm³/mol. The maximum absolute atomic E-state index is 13.8. The minimum absolute atomic E-state index is 0.00715. The van der Waals surface area contributed by atoms with Crippen LogP contribution in [0.3, 0.4) is 0 Å². The van der Waals surface area contributed by atoms with Gasteiger partial charge in [-0.3, -0.25) is 24.0 Å². The molecule has 2 aromatic carbocycles. The van der Waals surface area contributed by atoms with E-state index in [4.69, 9.17) is 27.9 Å². The molecule has 0 spiro atoms. The molecule has 0 radical (unpaired) electrons. The van der Waals surface area contributed by atoms with Gasteiger partial charge in [0.2, 0.25) is 21.8 Å². The van der Waals surface area contributed by atoms with Gasteiger partial charge in [0.25, 0.3) is 5.69 Å². The van der Waals surface area contributed by atoms with Crippen LogP contribution in [-0.2, 0) is 26.2 Å². The highest BCUT2D eigenvalue weighted by Crippen LogP contribution is 2.34. The van der Waals surface area contributed by atoms with Crippen LogP contribution in [0.15, 0.2) is 36.4 Å². The number of sulfonamides is 1. The summed E-state index contributed by atoms with van der Waals surface area (Å²) in [5.41, 5.74) is 0.00466. The maximum Gasteiger partial charge on any atom is 0.271 e. The number of non-ortho nitro benzene ring substituents is 1. The standard InChI is InChI=1S/C26H32Cl2N4O7S/c1-17(26(34)29-19-7-5-4-6-8-19)30(15-18-9-11-21(27)22(28)13-18)25(33)16-31(40(3,37)38)23-14-20(32(35)36)10-12-24(23)39-2/h9-14,17,19H,4-8,15-16H2,1-3H3,(H,29,34). The molecule has 0 bridgehead atoms. The molecule has 2 aromatic rings. The molecule has 40 heavy (non-hydrogen) atoms. The van der Waals surface area contributed by atoms with Crippen molar-refractivity contribution in [3.63, 3.8) is 0 Å². The second-order valence-electron chi connectivity index (χ2n) is 9.67. The molecule has 0 saturated heterocycles. The highest BCUT2D eigenvalue weighted by Gasteiger charge is 2.33. The highest BCUT2D eigenvalue weighted by molar-refractivity contribution is 7.92. The molecule has 1 fully saturated rings. The van der Waals surface area contributed by atoms with Gasteiger partial charge >= 0.3 is 0 Å². The van der Waals surface area contributed by atoms with Gasteiger partial charge in [-0.2, -0.15) is 0 Å². The molecule has 1 aliphatic carbocycles. The molecular formula is C26H32Cl2N4O7S. The van der Waals surface area contributed by atoms with Crippen LogP contribution in [0.25, 0.3) is 0 Å². The Morgan fingerprint density at radius 2 is 1.80 bits per heavy atom. The fourth-order valence-corrected chi connectivity index (χ4v) is 5.73. The van der Waals surface area contributed by atoms with Crippen LogP contribution < -0.4 is 14.4 Å². The third-order valence-electron chi connectivity index (χ3n) is 6.78. The Balaban J connectivity index is 1.97. The first-order valence-electron chi connectivity index (χ1n) is 12.7. The Morgan fingerprint density at radius 1 is 1.12 bits per heavy atom. The van der Waals surface area contributed by atoms with E-state index in [-0.39, 0.29) is 40.6 Å². The number of rotatable bonds is 11. The number of carbonyl (C=O) groups excluding carboxylic acids is 2. The van der Waals surface area contributed by atoms with Crippen LogP contribution in [0.5, 0.6) is 5.75 Å². The van der Waals surface area contributed by atoms with E-state index in [0.717, 1.165) is 48.7 Å². The summed E-state index contributed by atoms with van der Waals surface area (Å²) in [5, 5.41) is 15.0. The summed E-state index contributed by atoms with van der Waals surface area (Å²) in [7, 11) is -2.85. The van der Waals surface area contributed by atoms with Crippen molar-refractivity contribution >= 4 is 56.4 Å². The van der Waals surface area contributed by atoms with Crippen LogP contribution in [0.2, 0.25) is 10.0 Å². The van der Waals surface area contributed by atoms with Crippen molar-refractivity contribution in [2.45, 2.75) is 57.7 Å². The molecule has 11 nitrogen and oxygen atoms in total. The molecule has 3 rings (SSSR count). The Hall–Kier alpha value is -3.09. The molecule has 1 saturated carbocycles. The molecular weight excluding hydrogens is 583 g/mol. The zero-order valence-corrected chi connectivity index (χ0v) is 24.8. The summed E-state index contributed by atoms with van der Waals surface area (Å²) >= 11 is 12.2. The lowest BCUT2D eigenvalue weighted by Crippen LogP contribution is -2.53. The highest BCUT2D eigenvalue weighted by atomic mass is 35.5. The fourth-order valence-electron chi connectivity index (χ4n) is 4.57. The van der Waals surface area contributed by atoms with E-state index in [9.17, 15) is 28.1 Å². The quantitative estimate of drug-likeness (QED) is 0.289. The van der Waals surface area contributed by atoms with Gasteiger partial charge in [-0.15, -0.1) is 0 Å². The number of nitrogens with one attached hydrogen (secondary N) is 1. The molecule has 0 aliphatic heterocycles. The number of anilines is 1. The molecule has 0 heterocycles. The topological polar surface area (TPSA) is 139 Å². The Labute approximate surface area is 243 Å². The second kappa shape index (κ2) is 13.5. The summed E-state index contributed by atoms with van der Waals surface area (Å²) in [6.45, 7) is 0.754. The van der Waals surface area contributed by atoms with Crippen molar-refractivity contribution in [2.24, 2.45) is 0 Å². The molecule has 14 heteroatoms. The summed E-state index contributed by atoms with van der Waals surface area (Å²) < 4.78 is 31.7. The number of hydrogen-bond acceptors (Lipinski definition) is 7. The SMILES string of the molecule is COc1ccc([N+](=O)[O-])cc1N(CC(=O)N(Cc1ccc(Cl)c(Cl)c1)C(C)C(=O)NC1CCCCC1)S(C)(=O)=O. The van der Waals surface area contributed by atoms with Gasteiger partial charge in [0, 0.05) is 24.7 Å². The number of carbonyl (C=O) groups is 2. The zero-order chi connectivity index (χ0) is 29.6. The average Bonchev–Trinajstić information content (AvgIpc) is 2.91. The number of hydrogen-bond donors (Lipinski definition) is 1. The predicted octanol–water partition coefficient (Wildman–Crippen LogP) is 4.54. The number of halogens is 2. The largest absolute Gasteiger partial charge is 0.495 e. The van der Waals surface area contributed by atoms with Gasteiger partial charge in [0.15, 0.2) is 0 Å². The van der Waals surface area contributed by atoms with Gasteiger partial charge in [-0.1, -0.05) is 48.5 Å². The van der Waals surface area contributed by atoms with Crippen molar-refractivity contribution < 1.29 is 27.7 Å². The van der Waals surface area contributed by atoms with Crippen molar-refractivity contribution in [3.05, 3.63) is 62.1 Å². The Bertz CT molecular complexity index is 1370. The molecule has 1 aliphatic rings. The fraction of sp³-hybridized carbons (Fsp3) is 0.462. The maximum atomic E-state index is 13.8. The first kappa shape index (κ1) is 31.4. The molecule has 2 amide bonds. The van der Waals surface area contributed by atoms with Crippen molar-refractivity contribution in [3.8, 4) is 5.75 Å². The molecule has 1 atom stereocenters. The van der Waals surface area contributed by atoms with Crippen molar-refractivity contribution in [1.82, 2.24) is 10.2 Å². The van der Waals surface area contributed by atoms with E-state index in [1.807, 2.05) is 0 Å². The molecule has 1 N–H and O–H groups in total. The van der Waals surface area contributed by atoms with Crippen LogP contribution in [-0.4, -0.2) is 62.0 Å². The van der Waals surface area contributed by atoms with Crippen LogP contribution in [0.4, 0.5) is 11.4 Å². The number of ether oxygens (including phenoxy) is 1. The van der Waals surface area contributed by atoms with Crippen molar-refractivity contribution in [2.75, 3.05) is 24.2 Å². The van der Waals surface area contributed by atoms with E-state index in [2.05, 4.69) is 5.32 Å². The minimum Gasteiger partial charge on any atom is -0.495 e. The van der Waals surface area contributed by atoms with E-state index in [1.54, 1.807) is 25.1 Å². The zero-order valence-electron chi connectivity index (χ0n) is 22.4. The van der Waals surface area contributed by atoms with Crippen LogP contribution >= 0.6 is 23.2 Å². The lowest BCUT2D eigenvalue weighted by atomic mass is 9.95. The van der Waals surface area contributed by atoms with Gasteiger partial charge in [-0.25, -0.2) is 8.42 Å². The van der Waals surface area contributed by atoms with E-state index in [1.165, 1.54) is 24.1 Å². The monoisotopic (exact) mass is 614 g/mol. The third kappa shape index (κ3) is 7.98. The molecule has 1 unspecified atom stereocenters. The minimum atomic E-state index is -4.13. The second-order valence-corrected chi connectivity index (χ2v) is 12.4. The first-order valence-corrected chi connectivity index (χ1v) is 15.3. The summed E-state index contributed by atoms with van der Waals surface area (Å²) in [6.07, 6.45) is 5.66. The lowest BCUT2D eigenvalue weighted by molar-refractivity contribution is -0.384. The molecule has 0 aromatic heterocycles. The number of benzene rings is 2. The Kier molecular flexibility index (Phi) is 10.6.